The lowest BCUT2D eigenvalue weighted by molar-refractivity contribution is -0.118. The van der Waals surface area contributed by atoms with Crippen molar-refractivity contribution < 1.29 is 14.3 Å². The van der Waals surface area contributed by atoms with Crippen LogP contribution in [-0.2, 0) is 9.53 Å². The van der Waals surface area contributed by atoms with Gasteiger partial charge in [0.05, 0.1) is 6.10 Å². The lowest BCUT2D eigenvalue weighted by Crippen LogP contribution is -2.31. The summed E-state index contributed by atoms with van der Waals surface area (Å²) in [5, 5.41) is 6.43. The smallest absolute Gasteiger partial charge is 0.228 e. The minimum absolute atomic E-state index is 0. The molecule has 5 nitrogen and oxygen atoms in total. The molecule has 1 aromatic rings. The molecule has 3 aliphatic rings. The third kappa shape index (κ3) is 4.27. The number of amides is 1. The van der Waals surface area contributed by atoms with E-state index in [1.54, 1.807) is 0 Å². The molecule has 4 rings (SSSR count). The average Bonchev–Trinajstić information content (AvgIpc) is 3.06. The normalized spacial score (nSPS) is 26.7. The van der Waals surface area contributed by atoms with Gasteiger partial charge in [-0.15, -0.1) is 12.4 Å². The first kappa shape index (κ1) is 18.5. The Kier molecular flexibility index (Phi) is 5.87. The van der Waals surface area contributed by atoms with Crippen molar-refractivity contribution in [3.05, 3.63) is 24.3 Å². The van der Waals surface area contributed by atoms with Gasteiger partial charge in [-0.1, -0.05) is 0 Å². The maximum absolute atomic E-state index is 12.5. The first-order valence-corrected chi connectivity index (χ1v) is 9.11. The molecule has 2 aliphatic heterocycles. The molecule has 1 saturated carbocycles. The second kappa shape index (κ2) is 7.94. The quantitative estimate of drug-likeness (QED) is 0.841. The Hall–Kier alpha value is -1.30. The van der Waals surface area contributed by atoms with Gasteiger partial charge in [0, 0.05) is 18.2 Å². The van der Waals surface area contributed by atoms with Crippen molar-refractivity contribution in [2.45, 2.75) is 38.2 Å². The zero-order valence-corrected chi connectivity index (χ0v) is 15.3. The summed E-state index contributed by atoms with van der Waals surface area (Å²) in [6.07, 6.45) is 5.72. The van der Waals surface area contributed by atoms with E-state index in [0.717, 1.165) is 63.2 Å². The van der Waals surface area contributed by atoms with Gasteiger partial charge in [-0.05, 0) is 74.9 Å². The molecule has 0 bridgehead atoms. The fourth-order valence-electron chi connectivity index (χ4n) is 4.02. The maximum Gasteiger partial charge on any atom is 0.228 e. The molecule has 2 N–H and O–H groups in total. The zero-order chi connectivity index (χ0) is 16.4. The fourth-order valence-corrected chi connectivity index (χ4v) is 4.02. The highest BCUT2D eigenvalue weighted by Crippen LogP contribution is 2.58. The predicted octanol–water partition coefficient (Wildman–Crippen LogP) is 2.99. The van der Waals surface area contributed by atoms with Crippen LogP contribution in [0.25, 0.3) is 0 Å². The van der Waals surface area contributed by atoms with Gasteiger partial charge in [-0.3, -0.25) is 4.79 Å². The predicted molar refractivity (Wildman–Crippen MR) is 99.4 cm³/mol. The third-order valence-corrected chi connectivity index (χ3v) is 5.69. The monoisotopic (exact) mass is 366 g/mol. The van der Waals surface area contributed by atoms with Crippen LogP contribution in [0.5, 0.6) is 5.75 Å². The van der Waals surface area contributed by atoms with Crippen molar-refractivity contribution in [3.63, 3.8) is 0 Å². The molecule has 3 fully saturated rings. The molecule has 2 heterocycles. The molecule has 1 aliphatic carbocycles. The summed E-state index contributed by atoms with van der Waals surface area (Å²) in [5.74, 6) is 1.18. The molecule has 0 aromatic heterocycles. The number of benzene rings is 1. The summed E-state index contributed by atoms with van der Waals surface area (Å²) in [6.45, 7) is 3.53. The van der Waals surface area contributed by atoms with E-state index < -0.39 is 0 Å². The summed E-state index contributed by atoms with van der Waals surface area (Å²) in [4.78, 5) is 12.5. The third-order valence-electron chi connectivity index (χ3n) is 5.69. The summed E-state index contributed by atoms with van der Waals surface area (Å²) in [5.41, 5.74) is 1.13. The van der Waals surface area contributed by atoms with Crippen LogP contribution in [0.2, 0.25) is 0 Å². The number of rotatable bonds is 5. The van der Waals surface area contributed by atoms with E-state index in [1.165, 1.54) is 0 Å². The highest BCUT2D eigenvalue weighted by Gasteiger charge is 2.57. The molecule has 0 radical (unpaired) electrons. The Balaban J connectivity index is 0.00000182. The number of ether oxygens (including phenoxy) is 2. The minimum atomic E-state index is 0. The van der Waals surface area contributed by atoms with Crippen LogP contribution in [0, 0.1) is 11.3 Å². The van der Waals surface area contributed by atoms with Gasteiger partial charge in [-0.25, -0.2) is 0 Å². The van der Waals surface area contributed by atoms with Gasteiger partial charge in [0.15, 0.2) is 0 Å². The number of carbonyl (C=O) groups excluding carboxylic acids is 1. The van der Waals surface area contributed by atoms with E-state index in [2.05, 4.69) is 10.6 Å². The number of hydrogen-bond donors (Lipinski definition) is 2. The zero-order valence-electron chi connectivity index (χ0n) is 14.5. The van der Waals surface area contributed by atoms with Crippen LogP contribution in [-0.4, -0.2) is 38.3 Å². The molecule has 1 amide bonds. The summed E-state index contributed by atoms with van der Waals surface area (Å²) in [7, 11) is 0. The van der Waals surface area contributed by atoms with Crippen molar-refractivity contribution in [2.24, 2.45) is 11.3 Å². The first-order valence-electron chi connectivity index (χ1n) is 9.11. The Bertz CT molecular complexity index is 581. The second-order valence-corrected chi connectivity index (χ2v) is 7.33. The Morgan fingerprint density at radius 3 is 2.72 bits per heavy atom. The number of piperidine rings is 1. The number of carbonyl (C=O) groups is 1. The van der Waals surface area contributed by atoms with Gasteiger partial charge < -0.3 is 20.1 Å². The minimum Gasteiger partial charge on any atom is -0.491 e. The fraction of sp³-hybridized carbons (Fsp3) is 0.632. The number of hydrogen-bond acceptors (Lipinski definition) is 4. The molecule has 2 unspecified atom stereocenters. The highest BCUT2D eigenvalue weighted by atomic mass is 35.5. The van der Waals surface area contributed by atoms with E-state index in [4.69, 9.17) is 9.47 Å². The summed E-state index contributed by atoms with van der Waals surface area (Å²) >= 11 is 0. The van der Waals surface area contributed by atoms with Gasteiger partial charge in [0.2, 0.25) is 5.91 Å². The van der Waals surface area contributed by atoms with Crippen molar-refractivity contribution in [2.75, 3.05) is 31.6 Å². The lowest BCUT2D eigenvalue weighted by atomic mass is 9.92. The van der Waals surface area contributed by atoms with Crippen LogP contribution in [0.3, 0.4) is 0 Å². The Labute approximate surface area is 155 Å². The van der Waals surface area contributed by atoms with Crippen molar-refractivity contribution in [3.8, 4) is 5.75 Å². The van der Waals surface area contributed by atoms with E-state index in [0.29, 0.717) is 6.61 Å². The van der Waals surface area contributed by atoms with E-state index >= 15 is 0 Å². The Morgan fingerprint density at radius 1 is 1.28 bits per heavy atom. The molecule has 1 aromatic carbocycles. The average molecular weight is 367 g/mol. The van der Waals surface area contributed by atoms with Gasteiger partial charge in [0.25, 0.3) is 0 Å². The second-order valence-electron chi connectivity index (χ2n) is 7.33. The van der Waals surface area contributed by atoms with E-state index in [-0.39, 0.29) is 35.8 Å². The van der Waals surface area contributed by atoms with Gasteiger partial charge in [-0.2, -0.15) is 0 Å². The first-order chi connectivity index (χ1) is 11.8. The lowest BCUT2D eigenvalue weighted by Gasteiger charge is -2.23. The largest absolute Gasteiger partial charge is 0.491 e. The Morgan fingerprint density at radius 2 is 2.04 bits per heavy atom. The van der Waals surface area contributed by atoms with E-state index in [1.807, 2.05) is 24.3 Å². The molecule has 25 heavy (non-hydrogen) atoms. The molecule has 6 heteroatoms. The van der Waals surface area contributed by atoms with Crippen LogP contribution in [0.4, 0.5) is 5.69 Å². The molecule has 2 saturated heterocycles. The van der Waals surface area contributed by atoms with E-state index in [9.17, 15) is 4.79 Å². The van der Waals surface area contributed by atoms with Crippen molar-refractivity contribution >= 4 is 24.0 Å². The van der Waals surface area contributed by atoms with Crippen LogP contribution >= 0.6 is 12.4 Å². The SMILES string of the molecule is Cl.O=C(Nc1ccc(OCC2CCCO2)cc1)C1CC12CCNCC2. The number of anilines is 1. The molecular weight excluding hydrogens is 340 g/mol. The van der Waals surface area contributed by atoms with Gasteiger partial charge >= 0.3 is 0 Å². The van der Waals surface area contributed by atoms with Gasteiger partial charge in [0.1, 0.15) is 12.4 Å². The number of nitrogens with one attached hydrogen (secondary N) is 2. The molecule has 138 valence electrons. The maximum atomic E-state index is 12.5. The molecular formula is C19H27ClN2O3. The van der Waals surface area contributed by atoms with Crippen molar-refractivity contribution in [1.82, 2.24) is 5.32 Å². The molecule has 2 atom stereocenters. The summed E-state index contributed by atoms with van der Waals surface area (Å²) < 4.78 is 11.3. The van der Waals surface area contributed by atoms with Crippen LogP contribution in [0.15, 0.2) is 24.3 Å². The summed E-state index contributed by atoms with van der Waals surface area (Å²) in [6, 6.07) is 7.66. The topological polar surface area (TPSA) is 59.6 Å². The molecule has 1 spiro atoms. The van der Waals surface area contributed by atoms with Crippen LogP contribution in [0.1, 0.15) is 32.1 Å². The van der Waals surface area contributed by atoms with Crippen LogP contribution < -0.4 is 15.4 Å². The standard InChI is InChI=1S/C19H26N2O3.ClH/c22-18(17-12-19(17)7-9-20-10-8-19)21-14-3-5-15(6-4-14)24-13-16-2-1-11-23-16;/h3-6,16-17,20H,1-2,7-13H2,(H,21,22);1H. The highest BCUT2D eigenvalue weighted by molar-refractivity contribution is 5.95. The number of halogens is 1. The van der Waals surface area contributed by atoms with Crippen molar-refractivity contribution in [1.29, 1.82) is 0 Å².